The number of aryl methyl sites for hydroxylation is 1. The number of nitrogens with one attached hydrogen (secondary N) is 1. The highest BCUT2D eigenvalue weighted by molar-refractivity contribution is 7.99. The Bertz CT molecular complexity index is 814. The fraction of sp³-hybridized carbons (Fsp3) is 0.474. The summed E-state index contributed by atoms with van der Waals surface area (Å²) in [6.07, 6.45) is 3.10. The van der Waals surface area contributed by atoms with Gasteiger partial charge in [0, 0.05) is 5.92 Å². The van der Waals surface area contributed by atoms with Gasteiger partial charge in [0.1, 0.15) is 12.4 Å². The van der Waals surface area contributed by atoms with Gasteiger partial charge in [-0.05, 0) is 37.3 Å². The molecule has 1 aliphatic rings. The Morgan fingerprint density at radius 2 is 2.00 bits per heavy atom. The van der Waals surface area contributed by atoms with E-state index in [4.69, 9.17) is 5.73 Å². The van der Waals surface area contributed by atoms with Gasteiger partial charge in [-0.2, -0.15) is 0 Å². The Morgan fingerprint density at radius 1 is 1.30 bits per heavy atom. The predicted molar refractivity (Wildman–Crippen MR) is 104 cm³/mol. The van der Waals surface area contributed by atoms with E-state index in [-0.39, 0.29) is 24.2 Å². The van der Waals surface area contributed by atoms with E-state index in [1.807, 2.05) is 19.1 Å². The van der Waals surface area contributed by atoms with Crippen LogP contribution in [0.5, 0.6) is 0 Å². The fourth-order valence-electron chi connectivity index (χ4n) is 2.89. The standard InChI is InChI=1S/C19H25N5O2S/c1-3-13-4-6-14(7-5-13)12(2)21-17(26)11-27-19-23-22-18(15-8-9-15)24(19)10-16(20)25/h4-7,12,15H,3,8-11H2,1-2H3,(H2,20,25)(H,21,26)/t12-/m1/s1. The van der Waals surface area contributed by atoms with Gasteiger partial charge < -0.3 is 11.1 Å². The van der Waals surface area contributed by atoms with Crippen molar-refractivity contribution in [3.8, 4) is 0 Å². The molecule has 0 radical (unpaired) electrons. The van der Waals surface area contributed by atoms with Gasteiger partial charge in [0.2, 0.25) is 11.8 Å². The summed E-state index contributed by atoms with van der Waals surface area (Å²) in [7, 11) is 0. The van der Waals surface area contributed by atoms with Crippen molar-refractivity contribution in [2.75, 3.05) is 5.75 Å². The van der Waals surface area contributed by atoms with Gasteiger partial charge in [-0.1, -0.05) is 43.0 Å². The summed E-state index contributed by atoms with van der Waals surface area (Å²) in [6, 6.07) is 8.18. The third kappa shape index (κ3) is 5.09. The Hall–Kier alpha value is -2.35. The van der Waals surface area contributed by atoms with Crippen molar-refractivity contribution < 1.29 is 9.59 Å². The van der Waals surface area contributed by atoms with Gasteiger partial charge in [0.05, 0.1) is 11.8 Å². The number of hydrogen-bond acceptors (Lipinski definition) is 5. The van der Waals surface area contributed by atoms with Crippen molar-refractivity contribution in [3.05, 3.63) is 41.2 Å². The molecule has 3 N–H and O–H groups in total. The number of primary amides is 1. The van der Waals surface area contributed by atoms with E-state index >= 15 is 0 Å². The normalized spacial score (nSPS) is 14.7. The van der Waals surface area contributed by atoms with Crippen molar-refractivity contribution in [1.82, 2.24) is 20.1 Å². The predicted octanol–water partition coefficient (Wildman–Crippen LogP) is 2.17. The number of carbonyl (C=O) groups is 2. The zero-order valence-electron chi connectivity index (χ0n) is 15.6. The molecule has 0 bridgehead atoms. The van der Waals surface area contributed by atoms with Crippen LogP contribution >= 0.6 is 11.8 Å². The quantitative estimate of drug-likeness (QED) is 0.642. The molecule has 1 aromatic heterocycles. The Kier molecular flexibility index (Phi) is 6.15. The number of rotatable bonds is 9. The van der Waals surface area contributed by atoms with Crippen molar-refractivity contribution in [1.29, 1.82) is 0 Å². The van der Waals surface area contributed by atoms with Gasteiger partial charge in [0.15, 0.2) is 5.16 Å². The molecule has 144 valence electrons. The minimum Gasteiger partial charge on any atom is -0.368 e. The fourth-order valence-corrected chi connectivity index (χ4v) is 3.65. The first-order valence-corrected chi connectivity index (χ1v) is 10.2. The first kappa shape index (κ1) is 19.4. The lowest BCUT2D eigenvalue weighted by Gasteiger charge is -2.15. The highest BCUT2D eigenvalue weighted by Crippen LogP contribution is 2.40. The highest BCUT2D eigenvalue weighted by Gasteiger charge is 2.31. The molecule has 0 unspecified atom stereocenters. The van der Waals surface area contributed by atoms with E-state index in [0.717, 1.165) is 30.7 Å². The number of amides is 2. The third-order valence-electron chi connectivity index (χ3n) is 4.60. The molecule has 1 saturated carbocycles. The Morgan fingerprint density at radius 3 is 2.59 bits per heavy atom. The third-order valence-corrected chi connectivity index (χ3v) is 5.57. The second-order valence-corrected chi connectivity index (χ2v) is 7.78. The smallest absolute Gasteiger partial charge is 0.237 e. The van der Waals surface area contributed by atoms with Gasteiger partial charge in [0.25, 0.3) is 0 Å². The lowest BCUT2D eigenvalue weighted by molar-refractivity contribution is -0.119. The largest absolute Gasteiger partial charge is 0.368 e. The maximum Gasteiger partial charge on any atom is 0.237 e. The molecule has 8 heteroatoms. The van der Waals surface area contributed by atoms with E-state index in [0.29, 0.717) is 11.1 Å². The lowest BCUT2D eigenvalue weighted by Crippen LogP contribution is -2.28. The molecule has 1 heterocycles. The minimum atomic E-state index is -0.438. The van der Waals surface area contributed by atoms with E-state index in [2.05, 4.69) is 34.6 Å². The second kappa shape index (κ2) is 8.56. The van der Waals surface area contributed by atoms with E-state index in [1.54, 1.807) is 4.57 Å². The summed E-state index contributed by atoms with van der Waals surface area (Å²) >= 11 is 1.28. The van der Waals surface area contributed by atoms with Crippen molar-refractivity contribution in [2.45, 2.75) is 56.8 Å². The minimum absolute atomic E-state index is 0.0446. The van der Waals surface area contributed by atoms with Crippen LogP contribution in [0.2, 0.25) is 0 Å². The number of hydrogen-bond donors (Lipinski definition) is 2. The summed E-state index contributed by atoms with van der Waals surface area (Å²) in [5, 5.41) is 11.9. The Labute approximate surface area is 163 Å². The zero-order valence-corrected chi connectivity index (χ0v) is 16.5. The van der Waals surface area contributed by atoms with Crippen molar-refractivity contribution in [2.24, 2.45) is 5.73 Å². The van der Waals surface area contributed by atoms with Crippen molar-refractivity contribution in [3.63, 3.8) is 0 Å². The molecular formula is C19H25N5O2S. The number of nitrogens with zero attached hydrogens (tertiary/aromatic N) is 3. The van der Waals surface area contributed by atoms with Crippen LogP contribution in [0.25, 0.3) is 0 Å². The molecule has 27 heavy (non-hydrogen) atoms. The maximum atomic E-state index is 12.3. The van der Waals surface area contributed by atoms with Crippen LogP contribution in [0.1, 0.15) is 55.6 Å². The molecule has 1 aliphatic carbocycles. The van der Waals surface area contributed by atoms with E-state index in [1.165, 1.54) is 17.3 Å². The molecule has 1 aromatic carbocycles. The van der Waals surface area contributed by atoms with Crippen LogP contribution in [0.15, 0.2) is 29.4 Å². The van der Waals surface area contributed by atoms with Crippen LogP contribution in [-0.2, 0) is 22.6 Å². The number of carbonyl (C=O) groups excluding carboxylic acids is 2. The first-order chi connectivity index (χ1) is 13.0. The van der Waals surface area contributed by atoms with Gasteiger partial charge >= 0.3 is 0 Å². The number of nitrogens with two attached hydrogens (primary N) is 1. The number of benzene rings is 1. The summed E-state index contributed by atoms with van der Waals surface area (Å²) in [6.45, 7) is 4.12. The lowest BCUT2D eigenvalue weighted by atomic mass is 10.1. The van der Waals surface area contributed by atoms with E-state index in [9.17, 15) is 9.59 Å². The van der Waals surface area contributed by atoms with Gasteiger partial charge in [-0.3, -0.25) is 14.2 Å². The molecule has 2 amide bonds. The monoisotopic (exact) mass is 387 g/mol. The first-order valence-electron chi connectivity index (χ1n) is 9.20. The molecule has 0 aliphatic heterocycles. The molecular weight excluding hydrogens is 362 g/mol. The second-order valence-electron chi connectivity index (χ2n) is 6.84. The van der Waals surface area contributed by atoms with Crippen LogP contribution in [0, 0.1) is 0 Å². The SMILES string of the molecule is CCc1ccc([C@@H](C)NC(=O)CSc2nnc(C3CC3)n2CC(N)=O)cc1. The number of aromatic nitrogens is 3. The summed E-state index contributed by atoms with van der Waals surface area (Å²) in [5.41, 5.74) is 7.68. The number of thioether (sulfide) groups is 1. The summed E-state index contributed by atoms with van der Waals surface area (Å²) < 4.78 is 1.74. The molecule has 0 spiro atoms. The summed E-state index contributed by atoms with van der Waals surface area (Å²) in [5.74, 6) is 0.826. The van der Waals surface area contributed by atoms with Gasteiger partial charge in [-0.25, -0.2) is 0 Å². The Balaban J connectivity index is 1.57. The molecule has 0 saturated heterocycles. The van der Waals surface area contributed by atoms with Gasteiger partial charge in [-0.15, -0.1) is 10.2 Å². The average Bonchev–Trinajstić information content (AvgIpc) is 3.42. The van der Waals surface area contributed by atoms with Crippen LogP contribution in [0.3, 0.4) is 0 Å². The van der Waals surface area contributed by atoms with Crippen molar-refractivity contribution >= 4 is 23.6 Å². The van der Waals surface area contributed by atoms with Crippen LogP contribution < -0.4 is 11.1 Å². The van der Waals surface area contributed by atoms with Crippen LogP contribution in [0.4, 0.5) is 0 Å². The molecule has 2 aromatic rings. The average molecular weight is 388 g/mol. The van der Waals surface area contributed by atoms with E-state index < -0.39 is 5.91 Å². The highest BCUT2D eigenvalue weighted by atomic mass is 32.2. The van der Waals surface area contributed by atoms with Crippen LogP contribution in [-0.4, -0.2) is 32.3 Å². The molecule has 3 rings (SSSR count). The zero-order chi connectivity index (χ0) is 19.4. The molecule has 1 atom stereocenters. The summed E-state index contributed by atoms with van der Waals surface area (Å²) in [4.78, 5) is 23.7. The topological polar surface area (TPSA) is 103 Å². The molecule has 1 fully saturated rings. The molecule has 7 nitrogen and oxygen atoms in total. The maximum absolute atomic E-state index is 12.3.